The molecule has 0 heterocycles. The molecule has 16 nitrogen and oxygen atoms in total. The molecule has 0 bridgehead atoms. The van der Waals surface area contributed by atoms with Gasteiger partial charge >= 0.3 is 33.6 Å². The number of unbranched alkanes of at least 4 members (excludes halogenated alkanes) is 37. The Labute approximate surface area is 775 Å². The summed E-state index contributed by atoms with van der Waals surface area (Å²) in [5.41, 5.74) is 0. The van der Waals surface area contributed by atoms with Crippen LogP contribution in [0.4, 0.5) is 0 Å². The first-order valence-corrected chi connectivity index (χ1v) is 53.4. The molecule has 127 heavy (non-hydrogen) atoms. The number of carbonyl (C=O) groups is 3. The van der Waals surface area contributed by atoms with Crippen LogP contribution in [0.2, 0.25) is 0 Å². The van der Waals surface area contributed by atoms with E-state index in [2.05, 4.69) is 227 Å². The van der Waals surface area contributed by atoms with Gasteiger partial charge in [0, 0.05) is 19.3 Å². The normalized spacial score (nSPS) is 14.5. The standard InChI is InChI=1S/C109H182O16P2/c1-4-7-10-13-16-19-22-25-28-31-34-37-40-43-46-49-50-51-52-55-57-59-62-65-68-71-74-77-80-83-86-89-92-95-107(112)119-98-104(110)99-121-126(115,116)122-100-105(111)101-123-127(117,118)124-103-106(125-109(114)97-94-91-88-85-82-79-76-73-70-67-64-61-58-54-48-45-42-39-36-33-30-27-24-21-18-15-12-9-6-3)102-120-108(113)96-93-90-87-84-81-78-75-72-69-66-63-60-56-53-47-44-41-38-35-32-29-26-23-20-17-14-11-8-5-2/h7-12,16-21,25-30,34-39,43-48,50-51,56,60,104-106,110-111H,4-6,13-15,22-24,31-33,40-42,49,52-55,57-59,61-103H2,1-3H3,(H,115,116)(H,117,118)/b10-7-,11-8-,12-9-,19-16-,20-17-,21-18-,28-25-,29-26-,30-27-,37-34-,38-35-,39-36-,46-43-,47-44-,48-45-,51-50-,60-56-. The fourth-order valence-corrected chi connectivity index (χ4v) is 15.1. The second-order valence-electron chi connectivity index (χ2n) is 33.1. The zero-order valence-corrected chi connectivity index (χ0v) is 81.9. The van der Waals surface area contributed by atoms with E-state index >= 15 is 0 Å². The van der Waals surface area contributed by atoms with Crippen LogP contribution in [0.5, 0.6) is 0 Å². The van der Waals surface area contributed by atoms with Gasteiger partial charge in [-0.25, -0.2) is 9.13 Å². The Morgan fingerprint density at radius 2 is 0.394 bits per heavy atom. The van der Waals surface area contributed by atoms with Crippen LogP contribution in [-0.4, -0.2) is 95.9 Å². The molecule has 5 unspecified atom stereocenters. The van der Waals surface area contributed by atoms with E-state index in [4.69, 9.17) is 32.3 Å². The summed E-state index contributed by atoms with van der Waals surface area (Å²) in [5.74, 6) is -1.57. The lowest BCUT2D eigenvalue weighted by Gasteiger charge is -2.21. The first kappa shape index (κ1) is 121. The number of hydrogen-bond donors (Lipinski definition) is 4. The molecule has 4 N–H and O–H groups in total. The predicted molar refractivity (Wildman–Crippen MR) is 537 cm³/mol. The van der Waals surface area contributed by atoms with Crippen molar-refractivity contribution < 1.29 is 75.8 Å². The fraction of sp³-hybridized carbons (Fsp3) is 0.661. The molecular formula is C109H182O16P2. The van der Waals surface area contributed by atoms with Gasteiger partial charge < -0.3 is 34.2 Å². The van der Waals surface area contributed by atoms with Gasteiger partial charge in [-0.15, -0.1) is 0 Å². The number of ether oxygens (including phenoxy) is 3. The molecule has 724 valence electrons. The molecule has 0 radical (unpaired) electrons. The van der Waals surface area contributed by atoms with E-state index in [9.17, 15) is 43.5 Å². The molecule has 0 aromatic heterocycles. The minimum atomic E-state index is -4.95. The van der Waals surface area contributed by atoms with E-state index in [0.29, 0.717) is 19.3 Å². The number of rotatable bonds is 94. The topological polar surface area (TPSA) is 231 Å². The minimum absolute atomic E-state index is 0.0960. The van der Waals surface area contributed by atoms with Gasteiger partial charge in [0.1, 0.15) is 25.4 Å². The number of allylic oxidation sites excluding steroid dienone is 34. The molecule has 0 rings (SSSR count). The van der Waals surface area contributed by atoms with Gasteiger partial charge in [0.15, 0.2) is 6.10 Å². The Hall–Kier alpha value is -5.87. The van der Waals surface area contributed by atoms with Crippen molar-refractivity contribution in [3.8, 4) is 0 Å². The van der Waals surface area contributed by atoms with Crippen molar-refractivity contribution in [2.24, 2.45) is 0 Å². The Kier molecular flexibility index (Phi) is 94.6. The van der Waals surface area contributed by atoms with E-state index in [1.54, 1.807) is 0 Å². The van der Waals surface area contributed by atoms with Gasteiger partial charge in [-0.05, 0) is 167 Å². The molecule has 0 amide bonds. The number of aliphatic hydroxyl groups excluding tert-OH is 2. The van der Waals surface area contributed by atoms with E-state index < -0.39 is 91.5 Å². The Morgan fingerprint density at radius 1 is 0.220 bits per heavy atom. The second-order valence-corrected chi connectivity index (χ2v) is 36.0. The first-order chi connectivity index (χ1) is 62.2. The van der Waals surface area contributed by atoms with Crippen molar-refractivity contribution in [1.29, 1.82) is 0 Å². The number of phosphoric ester groups is 2. The summed E-state index contributed by atoms with van der Waals surface area (Å²) in [7, 11) is -9.83. The summed E-state index contributed by atoms with van der Waals surface area (Å²) in [5, 5.41) is 20.8. The Bertz CT molecular complexity index is 3140. The first-order valence-electron chi connectivity index (χ1n) is 50.4. The molecule has 0 saturated carbocycles. The zero-order valence-electron chi connectivity index (χ0n) is 80.1. The van der Waals surface area contributed by atoms with Gasteiger partial charge in [0.25, 0.3) is 0 Å². The molecule has 0 saturated heterocycles. The van der Waals surface area contributed by atoms with Crippen LogP contribution in [0.15, 0.2) is 207 Å². The van der Waals surface area contributed by atoms with Crippen LogP contribution in [0.1, 0.15) is 406 Å². The highest BCUT2D eigenvalue weighted by molar-refractivity contribution is 7.47. The molecule has 0 spiro atoms. The highest BCUT2D eigenvalue weighted by atomic mass is 31.2. The molecule has 18 heteroatoms. The van der Waals surface area contributed by atoms with Crippen molar-refractivity contribution >= 4 is 33.6 Å². The average molecular weight is 1810 g/mol. The molecule has 0 aliphatic rings. The highest BCUT2D eigenvalue weighted by Gasteiger charge is 2.30. The quantitative estimate of drug-likeness (QED) is 0.0146. The number of aliphatic hydroxyl groups is 2. The SMILES string of the molecule is CC/C=C\C/C=C\C/C=C\C/C=C\C/C=C\C/C=C\CCCCCCCCCCCCCCCCC(=O)OCC(O)COP(=O)(O)OCC(O)COP(=O)(O)OCC(COC(=O)CCCCCCCCCCCC/C=C\C/C=C\C/C=C\C/C=C\C/C=C\C/C=C\CC)OC(=O)CCCCCCCCCCCCCCC/C=C\C/C=C\C/C=C\C/C=C\C/C=C\CC. The van der Waals surface area contributed by atoms with E-state index in [1.165, 1.54) is 148 Å². The van der Waals surface area contributed by atoms with Crippen LogP contribution in [0.3, 0.4) is 0 Å². The molecular weight excluding hydrogens is 1630 g/mol. The van der Waals surface area contributed by atoms with Gasteiger partial charge in [-0.1, -0.05) is 426 Å². The van der Waals surface area contributed by atoms with Gasteiger partial charge in [0.05, 0.1) is 26.4 Å². The molecule has 0 fully saturated rings. The van der Waals surface area contributed by atoms with Crippen LogP contribution >= 0.6 is 15.6 Å². The fourth-order valence-electron chi connectivity index (χ4n) is 13.5. The molecule has 0 aromatic rings. The summed E-state index contributed by atoms with van der Waals surface area (Å²) in [6.07, 6.45) is 134. The van der Waals surface area contributed by atoms with Crippen molar-refractivity contribution in [2.45, 2.75) is 424 Å². The van der Waals surface area contributed by atoms with Gasteiger partial charge in [-0.2, -0.15) is 0 Å². The monoisotopic (exact) mass is 1810 g/mol. The lowest BCUT2D eigenvalue weighted by molar-refractivity contribution is -0.161. The van der Waals surface area contributed by atoms with Crippen molar-refractivity contribution in [3.63, 3.8) is 0 Å². The van der Waals surface area contributed by atoms with E-state index in [-0.39, 0.29) is 19.3 Å². The maximum atomic E-state index is 13.1. The minimum Gasteiger partial charge on any atom is -0.463 e. The molecule has 5 atom stereocenters. The number of phosphoric acid groups is 2. The van der Waals surface area contributed by atoms with Crippen LogP contribution < -0.4 is 0 Å². The van der Waals surface area contributed by atoms with Crippen molar-refractivity contribution in [2.75, 3.05) is 39.6 Å². The number of carbonyl (C=O) groups excluding carboxylic acids is 3. The summed E-state index contributed by atoms with van der Waals surface area (Å²) in [6.45, 7) is 2.39. The third kappa shape index (κ3) is 101. The molecule has 0 aliphatic carbocycles. The van der Waals surface area contributed by atoms with Gasteiger partial charge in [0.2, 0.25) is 0 Å². The zero-order chi connectivity index (χ0) is 92.1. The smallest absolute Gasteiger partial charge is 0.463 e. The lowest BCUT2D eigenvalue weighted by Crippen LogP contribution is -2.30. The predicted octanol–water partition coefficient (Wildman–Crippen LogP) is 31.9. The summed E-state index contributed by atoms with van der Waals surface area (Å²) < 4.78 is 61.7. The average Bonchev–Trinajstić information content (AvgIpc) is 0.902. The third-order valence-electron chi connectivity index (χ3n) is 21.0. The maximum Gasteiger partial charge on any atom is 0.472 e. The molecule has 0 aromatic carbocycles. The Morgan fingerprint density at radius 3 is 0.622 bits per heavy atom. The summed E-state index contributed by atoms with van der Waals surface area (Å²) >= 11 is 0. The molecule has 0 aliphatic heterocycles. The van der Waals surface area contributed by atoms with Crippen LogP contribution in [-0.2, 0) is 55.8 Å². The van der Waals surface area contributed by atoms with Gasteiger partial charge in [-0.3, -0.25) is 32.5 Å². The third-order valence-corrected chi connectivity index (χ3v) is 22.9. The summed E-state index contributed by atoms with van der Waals surface area (Å²) in [6, 6.07) is 0. The Balaban J connectivity index is 4.64. The largest absolute Gasteiger partial charge is 0.472 e. The van der Waals surface area contributed by atoms with Crippen molar-refractivity contribution in [3.05, 3.63) is 207 Å². The lowest BCUT2D eigenvalue weighted by atomic mass is 10.0. The second kappa shape index (κ2) is 99.1. The van der Waals surface area contributed by atoms with E-state index in [1.807, 2.05) is 0 Å². The highest BCUT2D eigenvalue weighted by Crippen LogP contribution is 2.45. The maximum absolute atomic E-state index is 13.1. The number of esters is 3. The van der Waals surface area contributed by atoms with E-state index in [0.717, 1.165) is 199 Å². The van der Waals surface area contributed by atoms with Crippen molar-refractivity contribution in [1.82, 2.24) is 0 Å². The summed E-state index contributed by atoms with van der Waals surface area (Å²) in [4.78, 5) is 59.2. The van der Waals surface area contributed by atoms with Crippen LogP contribution in [0, 0.1) is 0 Å². The number of hydrogen-bond acceptors (Lipinski definition) is 14. The van der Waals surface area contributed by atoms with Crippen LogP contribution in [0.25, 0.3) is 0 Å².